The average Bonchev–Trinajstić information content (AvgIpc) is 2.72. The van der Waals surface area contributed by atoms with Gasteiger partial charge in [0.05, 0.1) is 17.6 Å². The molecule has 6 nitrogen and oxygen atoms in total. The summed E-state index contributed by atoms with van der Waals surface area (Å²) in [6.45, 7) is 0. The molecule has 5 fully saturated rings. The molecule has 5 aliphatic rings. The zero-order valence-electron chi connectivity index (χ0n) is 18.2. The van der Waals surface area contributed by atoms with Crippen molar-refractivity contribution in [2.24, 2.45) is 23.7 Å². The van der Waals surface area contributed by atoms with Crippen LogP contribution in [-0.4, -0.2) is 51.8 Å². The number of benzene rings is 1. The summed E-state index contributed by atoms with van der Waals surface area (Å²) in [6.07, 6.45) is 7.73. The molecule has 0 aromatic heterocycles. The smallest absolute Gasteiger partial charge is 0.306 e. The van der Waals surface area contributed by atoms with Gasteiger partial charge in [-0.3, -0.25) is 9.59 Å². The van der Waals surface area contributed by atoms with E-state index in [-0.39, 0.29) is 24.0 Å². The number of rotatable bonds is 5. The second-order valence-electron chi connectivity index (χ2n) is 10.6. The minimum absolute atomic E-state index is 0.0398. The Bertz CT molecular complexity index is 828. The van der Waals surface area contributed by atoms with Gasteiger partial charge in [0.2, 0.25) is 0 Å². The highest BCUT2D eigenvalue weighted by Crippen LogP contribution is 2.56. The van der Waals surface area contributed by atoms with Crippen molar-refractivity contribution >= 4 is 11.9 Å². The van der Waals surface area contributed by atoms with Crippen molar-refractivity contribution in [2.75, 3.05) is 7.05 Å². The maximum atomic E-state index is 13.2. The van der Waals surface area contributed by atoms with E-state index in [0.29, 0.717) is 36.2 Å². The summed E-state index contributed by atoms with van der Waals surface area (Å²) in [5.41, 5.74) is 0.177. The third-order valence-corrected chi connectivity index (χ3v) is 8.39. The minimum atomic E-state index is -0.710. The third-order valence-electron chi connectivity index (χ3n) is 8.39. The van der Waals surface area contributed by atoms with E-state index in [1.54, 1.807) is 0 Å². The normalized spacial score (nSPS) is 38.6. The summed E-state index contributed by atoms with van der Waals surface area (Å²) in [6, 6.07) is 7.60. The number of hydrogen-bond donors (Lipinski definition) is 2. The van der Waals surface area contributed by atoms with Gasteiger partial charge >= 0.3 is 5.97 Å². The number of aliphatic hydroxyl groups is 1. The number of nitrogens with zero attached hydrogens (tertiary/aromatic N) is 1. The Morgan fingerprint density at radius 3 is 2.16 bits per heavy atom. The molecule has 0 heterocycles. The summed E-state index contributed by atoms with van der Waals surface area (Å²) >= 11 is 0. The van der Waals surface area contributed by atoms with Crippen molar-refractivity contribution in [3.63, 3.8) is 0 Å². The molecule has 2 N–H and O–H groups in total. The first-order valence-electron chi connectivity index (χ1n) is 11.8. The first kappa shape index (κ1) is 20.8. The molecule has 31 heavy (non-hydrogen) atoms. The van der Waals surface area contributed by atoms with Crippen LogP contribution in [0.3, 0.4) is 0 Å². The van der Waals surface area contributed by atoms with Crippen LogP contribution in [0.25, 0.3) is 0 Å². The first-order valence-corrected chi connectivity index (χ1v) is 11.8. The molecular weight excluding hydrogens is 394 g/mol. The number of amides is 1. The number of carbonyl (C=O) groups excluding carboxylic acids is 1. The van der Waals surface area contributed by atoms with Crippen molar-refractivity contribution in [3.8, 4) is 5.75 Å². The van der Waals surface area contributed by atoms with E-state index in [4.69, 9.17) is 9.84 Å². The Morgan fingerprint density at radius 2 is 1.61 bits per heavy atom. The molecule has 2 unspecified atom stereocenters. The van der Waals surface area contributed by atoms with Gasteiger partial charge in [0.25, 0.3) is 5.91 Å². The second-order valence-corrected chi connectivity index (χ2v) is 10.6. The predicted molar refractivity (Wildman–Crippen MR) is 115 cm³/mol. The lowest BCUT2D eigenvalue weighted by Gasteiger charge is -2.59. The lowest BCUT2D eigenvalue weighted by atomic mass is 9.52. The molecule has 5 saturated carbocycles. The van der Waals surface area contributed by atoms with Gasteiger partial charge in [-0.2, -0.15) is 0 Å². The SMILES string of the molecule is CN(C(=O)c1ccc(OC2CCC(C(=O)O)CC2)cc1)C1C2CC3CC1CC(O)(C3)C2. The van der Waals surface area contributed by atoms with Crippen molar-refractivity contribution in [1.29, 1.82) is 0 Å². The molecule has 6 heteroatoms. The molecule has 6 rings (SSSR count). The van der Waals surface area contributed by atoms with Gasteiger partial charge in [-0.1, -0.05) is 0 Å². The van der Waals surface area contributed by atoms with E-state index in [2.05, 4.69) is 0 Å². The van der Waals surface area contributed by atoms with Crippen LogP contribution in [0.2, 0.25) is 0 Å². The van der Waals surface area contributed by atoms with Crippen LogP contribution in [0, 0.1) is 23.7 Å². The molecule has 168 valence electrons. The van der Waals surface area contributed by atoms with Gasteiger partial charge in [0.15, 0.2) is 0 Å². The Balaban J connectivity index is 1.20. The molecule has 5 aliphatic carbocycles. The van der Waals surface area contributed by atoms with Gasteiger partial charge in [-0.05, 0) is 99.8 Å². The molecule has 0 spiro atoms. The van der Waals surface area contributed by atoms with Crippen molar-refractivity contribution in [1.82, 2.24) is 4.90 Å². The first-order chi connectivity index (χ1) is 14.8. The topological polar surface area (TPSA) is 87.1 Å². The molecule has 0 radical (unpaired) electrons. The molecule has 1 aromatic rings. The fourth-order valence-electron chi connectivity index (χ4n) is 7.22. The summed E-state index contributed by atoms with van der Waals surface area (Å²) in [5, 5.41) is 19.9. The third kappa shape index (κ3) is 3.95. The standard InChI is InChI=1S/C25H33NO5/c1-26(22-18-10-15-11-19(22)14-25(30,12-15)13-18)23(27)16-2-6-20(7-3-16)31-21-8-4-17(5-9-21)24(28)29/h2-3,6-7,15,17-19,21-22,30H,4-5,8-14H2,1H3,(H,28,29). The zero-order valence-corrected chi connectivity index (χ0v) is 18.2. The van der Waals surface area contributed by atoms with E-state index in [9.17, 15) is 14.7 Å². The number of carboxylic acids is 1. The Morgan fingerprint density at radius 1 is 1.00 bits per heavy atom. The van der Waals surface area contributed by atoms with Crippen molar-refractivity contribution < 1.29 is 24.5 Å². The number of carboxylic acid groups (broad SMARTS) is 1. The molecule has 0 aliphatic heterocycles. The van der Waals surface area contributed by atoms with Crippen LogP contribution < -0.4 is 4.74 Å². The largest absolute Gasteiger partial charge is 0.490 e. The highest BCUT2D eigenvalue weighted by Gasteiger charge is 2.56. The Hall–Kier alpha value is -2.08. The number of hydrogen-bond acceptors (Lipinski definition) is 4. The molecule has 1 amide bonds. The van der Waals surface area contributed by atoms with Gasteiger partial charge in [0, 0.05) is 18.7 Å². The maximum absolute atomic E-state index is 13.2. The molecule has 2 atom stereocenters. The summed E-state index contributed by atoms with van der Waals surface area (Å²) in [7, 11) is 1.92. The van der Waals surface area contributed by atoms with E-state index in [0.717, 1.165) is 50.7 Å². The maximum Gasteiger partial charge on any atom is 0.306 e. The number of aliphatic carboxylic acids is 1. The van der Waals surface area contributed by atoms with Crippen LogP contribution in [0.15, 0.2) is 24.3 Å². The quantitative estimate of drug-likeness (QED) is 0.748. The van der Waals surface area contributed by atoms with Crippen molar-refractivity contribution in [2.45, 2.75) is 75.5 Å². The fourth-order valence-corrected chi connectivity index (χ4v) is 7.22. The molecular formula is C25H33NO5. The van der Waals surface area contributed by atoms with Crippen LogP contribution in [0.5, 0.6) is 5.75 Å². The predicted octanol–water partition coefficient (Wildman–Crippen LogP) is 3.72. The number of ether oxygens (including phenoxy) is 1. The average molecular weight is 428 g/mol. The van der Waals surface area contributed by atoms with Crippen LogP contribution >= 0.6 is 0 Å². The Labute approximate surface area is 183 Å². The summed E-state index contributed by atoms with van der Waals surface area (Å²) in [5.74, 6) is 1.26. The van der Waals surface area contributed by atoms with E-state index in [1.165, 1.54) is 0 Å². The highest BCUT2D eigenvalue weighted by atomic mass is 16.5. The monoisotopic (exact) mass is 427 g/mol. The lowest BCUT2D eigenvalue weighted by Crippen LogP contribution is -2.61. The van der Waals surface area contributed by atoms with Gasteiger partial charge < -0.3 is 19.8 Å². The zero-order chi connectivity index (χ0) is 21.8. The summed E-state index contributed by atoms with van der Waals surface area (Å²) < 4.78 is 6.04. The van der Waals surface area contributed by atoms with Gasteiger partial charge in [0.1, 0.15) is 5.75 Å². The summed E-state index contributed by atoms with van der Waals surface area (Å²) in [4.78, 5) is 26.2. The van der Waals surface area contributed by atoms with E-state index in [1.807, 2.05) is 36.2 Å². The van der Waals surface area contributed by atoms with Crippen LogP contribution in [0.1, 0.15) is 68.1 Å². The van der Waals surface area contributed by atoms with E-state index < -0.39 is 11.6 Å². The molecule has 4 bridgehead atoms. The lowest BCUT2D eigenvalue weighted by molar-refractivity contribution is -0.152. The van der Waals surface area contributed by atoms with Crippen LogP contribution in [-0.2, 0) is 4.79 Å². The molecule has 0 saturated heterocycles. The molecule has 1 aromatic carbocycles. The fraction of sp³-hybridized carbons (Fsp3) is 0.680. The second kappa shape index (κ2) is 7.80. The Kier molecular flexibility index (Phi) is 5.24. The highest BCUT2D eigenvalue weighted by molar-refractivity contribution is 5.94. The van der Waals surface area contributed by atoms with Gasteiger partial charge in [-0.25, -0.2) is 0 Å². The minimum Gasteiger partial charge on any atom is -0.490 e. The number of carbonyl (C=O) groups is 2. The van der Waals surface area contributed by atoms with Gasteiger partial charge in [-0.15, -0.1) is 0 Å². The van der Waals surface area contributed by atoms with E-state index >= 15 is 0 Å². The van der Waals surface area contributed by atoms with Crippen molar-refractivity contribution in [3.05, 3.63) is 29.8 Å². The van der Waals surface area contributed by atoms with Crippen LogP contribution in [0.4, 0.5) is 0 Å².